The van der Waals surface area contributed by atoms with Gasteiger partial charge in [0.05, 0.1) is 24.1 Å². The second-order valence-electron chi connectivity index (χ2n) is 6.76. The highest BCUT2D eigenvalue weighted by atomic mass is 32.2. The maximum Gasteiger partial charge on any atom is 0.243 e. The zero-order chi connectivity index (χ0) is 21.0. The topological polar surface area (TPSA) is 105 Å². The molecule has 0 spiro atoms. The summed E-state index contributed by atoms with van der Waals surface area (Å²) < 4.78 is 32.0. The standard InChI is InChI=1S/C20H23N3O5S/c1-14(24)21-15-7-9-16(10-8-15)29(26,27)23(2)13-20(25)22-18-11-12-28-19-6-4-3-5-17(18)19/h3-10,18H,11-13H2,1-2H3,(H,21,24)(H,22,25)/t18-/m1/s1. The van der Waals surface area contributed by atoms with Gasteiger partial charge in [0, 0.05) is 31.6 Å². The largest absolute Gasteiger partial charge is 0.493 e. The normalized spacial score (nSPS) is 15.9. The maximum atomic E-state index is 12.7. The third-order valence-electron chi connectivity index (χ3n) is 4.54. The third kappa shape index (κ3) is 4.93. The lowest BCUT2D eigenvalue weighted by atomic mass is 10.0. The monoisotopic (exact) mass is 417 g/mol. The van der Waals surface area contributed by atoms with Gasteiger partial charge in [-0.2, -0.15) is 4.31 Å². The Labute approximate surface area is 169 Å². The number of likely N-dealkylation sites (N-methyl/N-ethyl adjacent to an activating group) is 1. The summed E-state index contributed by atoms with van der Waals surface area (Å²) in [4.78, 5) is 23.6. The van der Waals surface area contributed by atoms with Crippen molar-refractivity contribution in [2.45, 2.75) is 24.3 Å². The van der Waals surface area contributed by atoms with Gasteiger partial charge in [0.1, 0.15) is 5.75 Å². The van der Waals surface area contributed by atoms with Gasteiger partial charge >= 0.3 is 0 Å². The second kappa shape index (κ2) is 8.62. The molecule has 1 aliphatic rings. The summed E-state index contributed by atoms with van der Waals surface area (Å²) in [5, 5.41) is 5.46. The molecule has 2 amide bonds. The molecule has 0 bridgehead atoms. The Kier molecular flexibility index (Phi) is 6.19. The molecule has 0 unspecified atom stereocenters. The van der Waals surface area contributed by atoms with E-state index >= 15 is 0 Å². The van der Waals surface area contributed by atoms with Crippen LogP contribution >= 0.6 is 0 Å². The number of hydrogen-bond acceptors (Lipinski definition) is 5. The highest BCUT2D eigenvalue weighted by Crippen LogP contribution is 2.31. The van der Waals surface area contributed by atoms with Crippen molar-refractivity contribution >= 4 is 27.5 Å². The van der Waals surface area contributed by atoms with Gasteiger partial charge < -0.3 is 15.4 Å². The minimum Gasteiger partial charge on any atom is -0.493 e. The van der Waals surface area contributed by atoms with Gasteiger partial charge in [-0.3, -0.25) is 9.59 Å². The van der Waals surface area contributed by atoms with Crippen LogP contribution in [0.1, 0.15) is 24.9 Å². The van der Waals surface area contributed by atoms with E-state index in [1.165, 1.54) is 38.2 Å². The minimum absolute atomic E-state index is 0.0401. The first kappa shape index (κ1) is 20.8. The molecule has 9 heteroatoms. The molecule has 2 aromatic carbocycles. The smallest absolute Gasteiger partial charge is 0.243 e. The van der Waals surface area contributed by atoms with Crippen molar-refractivity contribution in [3.63, 3.8) is 0 Å². The van der Waals surface area contributed by atoms with Crippen LogP contribution in [0.4, 0.5) is 5.69 Å². The number of hydrogen-bond donors (Lipinski definition) is 2. The summed E-state index contributed by atoms with van der Waals surface area (Å²) >= 11 is 0. The summed E-state index contributed by atoms with van der Waals surface area (Å²) in [6.45, 7) is 1.54. The van der Waals surface area contributed by atoms with Gasteiger partial charge in [0.15, 0.2) is 0 Å². The number of nitrogens with one attached hydrogen (secondary N) is 2. The number of amides is 2. The fourth-order valence-corrected chi connectivity index (χ4v) is 4.24. The lowest BCUT2D eigenvalue weighted by Crippen LogP contribution is -2.40. The molecule has 154 valence electrons. The number of ether oxygens (including phenoxy) is 1. The number of benzene rings is 2. The summed E-state index contributed by atoms with van der Waals surface area (Å²) in [5.41, 5.74) is 1.38. The first-order chi connectivity index (χ1) is 13.8. The Balaban J connectivity index is 1.65. The summed E-state index contributed by atoms with van der Waals surface area (Å²) in [7, 11) is -2.49. The number of para-hydroxylation sites is 1. The average Bonchev–Trinajstić information content (AvgIpc) is 2.68. The van der Waals surface area contributed by atoms with Crippen LogP contribution in [0.2, 0.25) is 0 Å². The van der Waals surface area contributed by atoms with E-state index < -0.39 is 15.9 Å². The third-order valence-corrected chi connectivity index (χ3v) is 6.36. The number of fused-ring (bicyclic) bond motifs is 1. The number of carbonyl (C=O) groups is 2. The first-order valence-electron chi connectivity index (χ1n) is 9.12. The highest BCUT2D eigenvalue weighted by molar-refractivity contribution is 7.89. The van der Waals surface area contributed by atoms with E-state index in [2.05, 4.69) is 10.6 Å². The summed E-state index contributed by atoms with van der Waals surface area (Å²) in [6.07, 6.45) is 0.615. The Morgan fingerprint density at radius 1 is 1.14 bits per heavy atom. The van der Waals surface area contributed by atoms with Crippen LogP contribution in [0, 0.1) is 0 Å². The number of nitrogens with zero attached hydrogens (tertiary/aromatic N) is 1. The molecule has 0 aromatic heterocycles. The van der Waals surface area contributed by atoms with Gasteiger partial charge in [-0.1, -0.05) is 18.2 Å². The molecule has 2 aromatic rings. The van der Waals surface area contributed by atoms with Gasteiger partial charge in [-0.05, 0) is 30.3 Å². The molecule has 3 rings (SSSR count). The maximum absolute atomic E-state index is 12.7. The van der Waals surface area contributed by atoms with Crippen LogP contribution < -0.4 is 15.4 Å². The van der Waals surface area contributed by atoms with E-state index in [1.807, 2.05) is 24.3 Å². The van der Waals surface area contributed by atoms with E-state index in [4.69, 9.17) is 4.74 Å². The quantitative estimate of drug-likeness (QED) is 0.747. The lowest BCUT2D eigenvalue weighted by Gasteiger charge is -2.27. The zero-order valence-electron chi connectivity index (χ0n) is 16.2. The fraction of sp³-hybridized carbons (Fsp3) is 0.300. The van der Waals surface area contributed by atoms with Crippen LogP contribution in [0.5, 0.6) is 5.75 Å². The molecule has 2 N–H and O–H groups in total. The van der Waals surface area contributed by atoms with Gasteiger partial charge in [0.25, 0.3) is 0 Å². The Morgan fingerprint density at radius 2 is 1.83 bits per heavy atom. The minimum atomic E-state index is -3.85. The molecule has 0 saturated carbocycles. The first-order valence-corrected chi connectivity index (χ1v) is 10.6. The Morgan fingerprint density at radius 3 is 2.52 bits per heavy atom. The number of anilines is 1. The molecule has 0 aliphatic carbocycles. The SMILES string of the molecule is CC(=O)Nc1ccc(S(=O)(=O)N(C)CC(=O)N[C@@H]2CCOc3ccccc32)cc1. The van der Waals surface area contributed by atoms with E-state index in [-0.39, 0.29) is 23.4 Å². The van der Waals surface area contributed by atoms with E-state index in [9.17, 15) is 18.0 Å². The van der Waals surface area contributed by atoms with Gasteiger partial charge in [0.2, 0.25) is 21.8 Å². The predicted octanol–water partition coefficient (Wildman–Crippen LogP) is 1.91. The van der Waals surface area contributed by atoms with Crippen LogP contribution in [-0.4, -0.2) is 44.7 Å². The van der Waals surface area contributed by atoms with Crippen molar-refractivity contribution in [2.24, 2.45) is 0 Å². The molecule has 1 aliphatic heterocycles. The van der Waals surface area contributed by atoms with Crippen LogP contribution in [0.15, 0.2) is 53.4 Å². The van der Waals surface area contributed by atoms with Crippen molar-refractivity contribution in [1.29, 1.82) is 0 Å². The van der Waals surface area contributed by atoms with Gasteiger partial charge in [-0.25, -0.2) is 8.42 Å². The zero-order valence-corrected chi connectivity index (χ0v) is 17.0. The summed E-state index contributed by atoms with van der Waals surface area (Å²) in [6, 6.07) is 13.0. The summed E-state index contributed by atoms with van der Waals surface area (Å²) in [5.74, 6) is 0.0843. The van der Waals surface area contributed by atoms with Gasteiger partial charge in [-0.15, -0.1) is 0 Å². The average molecular weight is 417 g/mol. The van der Waals surface area contributed by atoms with Crippen molar-refractivity contribution in [2.75, 3.05) is 25.5 Å². The molecular formula is C20H23N3O5S. The molecule has 29 heavy (non-hydrogen) atoms. The lowest BCUT2D eigenvalue weighted by molar-refractivity contribution is -0.122. The van der Waals surface area contributed by atoms with E-state index in [0.29, 0.717) is 18.7 Å². The Hall–Kier alpha value is -2.91. The molecule has 0 fully saturated rings. The van der Waals surface area contributed by atoms with E-state index in [0.717, 1.165) is 15.6 Å². The van der Waals surface area contributed by atoms with Crippen molar-refractivity contribution in [1.82, 2.24) is 9.62 Å². The fourth-order valence-electron chi connectivity index (χ4n) is 3.11. The molecular weight excluding hydrogens is 394 g/mol. The molecule has 8 nitrogen and oxygen atoms in total. The predicted molar refractivity (Wildman–Crippen MR) is 108 cm³/mol. The molecule has 0 saturated heterocycles. The van der Waals surface area contributed by atoms with E-state index in [1.54, 1.807) is 0 Å². The molecule has 1 heterocycles. The molecule has 1 atom stereocenters. The number of sulfonamides is 1. The van der Waals surface area contributed by atoms with Crippen molar-refractivity contribution in [3.8, 4) is 5.75 Å². The van der Waals surface area contributed by atoms with Crippen LogP contribution in [0.25, 0.3) is 0 Å². The number of rotatable bonds is 6. The second-order valence-corrected chi connectivity index (χ2v) is 8.81. The highest BCUT2D eigenvalue weighted by Gasteiger charge is 2.26. The Bertz CT molecular complexity index is 1010. The van der Waals surface area contributed by atoms with Crippen LogP contribution in [-0.2, 0) is 19.6 Å². The van der Waals surface area contributed by atoms with Crippen molar-refractivity contribution in [3.05, 3.63) is 54.1 Å². The van der Waals surface area contributed by atoms with Crippen molar-refractivity contribution < 1.29 is 22.7 Å². The van der Waals surface area contributed by atoms with Crippen LogP contribution in [0.3, 0.4) is 0 Å². The number of carbonyl (C=O) groups excluding carboxylic acids is 2. The molecule has 0 radical (unpaired) electrons.